The van der Waals surface area contributed by atoms with Crippen LogP contribution in [0.1, 0.15) is 32.3 Å². The van der Waals surface area contributed by atoms with Gasteiger partial charge < -0.3 is 10.4 Å². The van der Waals surface area contributed by atoms with Crippen LogP contribution >= 0.6 is 0 Å². The number of nitrogens with zero attached hydrogens (tertiary/aromatic N) is 1. The van der Waals surface area contributed by atoms with Crippen LogP contribution in [0.2, 0.25) is 0 Å². The van der Waals surface area contributed by atoms with Gasteiger partial charge >= 0.3 is 5.97 Å². The molecule has 0 saturated carbocycles. The number of nitrogens with one attached hydrogen (secondary N) is 1. The highest BCUT2D eigenvalue weighted by atomic mass is 16.6. The van der Waals surface area contributed by atoms with E-state index in [4.69, 9.17) is 0 Å². The molecule has 1 aromatic rings. The summed E-state index contributed by atoms with van der Waals surface area (Å²) in [5.41, 5.74) is 0.595. The molecule has 0 spiro atoms. The summed E-state index contributed by atoms with van der Waals surface area (Å²) in [6.45, 7) is 5.74. The van der Waals surface area contributed by atoms with Crippen LogP contribution in [-0.4, -0.2) is 22.5 Å². The number of hydrogen-bond acceptors (Lipinski definition) is 4. The molecule has 20 heavy (non-hydrogen) atoms. The van der Waals surface area contributed by atoms with Crippen molar-refractivity contribution in [3.63, 3.8) is 0 Å². The minimum absolute atomic E-state index is 0.00739. The lowest BCUT2D eigenvalue weighted by Crippen LogP contribution is -2.37. The number of nitro benzene ring substituents is 1. The predicted octanol–water partition coefficient (Wildman–Crippen LogP) is 3.21. The van der Waals surface area contributed by atoms with Gasteiger partial charge in [-0.3, -0.25) is 14.9 Å². The summed E-state index contributed by atoms with van der Waals surface area (Å²) in [7, 11) is 0. The SMILES string of the molecule is CCC(CC)(CNc1cc([N+](=O)[O-])ccc1C)C(=O)O. The summed E-state index contributed by atoms with van der Waals surface area (Å²) in [6, 6.07) is 4.53. The van der Waals surface area contributed by atoms with Crippen molar-refractivity contribution in [3.05, 3.63) is 33.9 Å². The van der Waals surface area contributed by atoms with E-state index in [9.17, 15) is 20.0 Å². The average Bonchev–Trinajstić information content (AvgIpc) is 2.41. The van der Waals surface area contributed by atoms with E-state index in [0.29, 0.717) is 18.5 Å². The molecule has 0 saturated heterocycles. The van der Waals surface area contributed by atoms with Gasteiger partial charge in [-0.2, -0.15) is 0 Å². The molecule has 0 unspecified atom stereocenters. The molecule has 0 aliphatic heterocycles. The van der Waals surface area contributed by atoms with Gasteiger partial charge in [-0.1, -0.05) is 19.9 Å². The topological polar surface area (TPSA) is 92.5 Å². The summed E-state index contributed by atoms with van der Waals surface area (Å²) in [4.78, 5) is 21.7. The van der Waals surface area contributed by atoms with Gasteiger partial charge in [-0.15, -0.1) is 0 Å². The maximum absolute atomic E-state index is 11.4. The van der Waals surface area contributed by atoms with Crippen molar-refractivity contribution in [2.24, 2.45) is 5.41 Å². The Balaban J connectivity index is 2.96. The molecule has 0 aliphatic carbocycles. The second kappa shape index (κ2) is 6.36. The predicted molar refractivity (Wildman–Crippen MR) is 77.0 cm³/mol. The zero-order valence-electron chi connectivity index (χ0n) is 12.0. The average molecular weight is 280 g/mol. The second-order valence-electron chi connectivity index (χ2n) is 4.90. The van der Waals surface area contributed by atoms with E-state index in [1.54, 1.807) is 6.07 Å². The number of aryl methyl sites for hydroxylation is 1. The molecular weight excluding hydrogens is 260 g/mol. The smallest absolute Gasteiger partial charge is 0.311 e. The number of aliphatic carboxylic acids is 1. The molecule has 2 N–H and O–H groups in total. The fraction of sp³-hybridized carbons (Fsp3) is 0.500. The summed E-state index contributed by atoms with van der Waals surface area (Å²) in [5.74, 6) is -0.849. The molecule has 6 heteroatoms. The summed E-state index contributed by atoms with van der Waals surface area (Å²) < 4.78 is 0. The van der Waals surface area contributed by atoms with Gasteiger partial charge in [0.2, 0.25) is 0 Å². The van der Waals surface area contributed by atoms with E-state index < -0.39 is 16.3 Å². The van der Waals surface area contributed by atoms with Crippen LogP contribution in [0.15, 0.2) is 18.2 Å². The number of non-ortho nitro benzene ring substituents is 1. The Morgan fingerprint density at radius 3 is 2.45 bits per heavy atom. The monoisotopic (exact) mass is 280 g/mol. The summed E-state index contributed by atoms with van der Waals surface area (Å²) >= 11 is 0. The first kappa shape index (κ1) is 15.9. The van der Waals surface area contributed by atoms with Crippen molar-refractivity contribution < 1.29 is 14.8 Å². The van der Waals surface area contributed by atoms with Gasteiger partial charge in [0.15, 0.2) is 0 Å². The molecular formula is C14H20N2O4. The Kier molecular flexibility index (Phi) is 5.07. The first-order valence-corrected chi connectivity index (χ1v) is 6.58. The zero-order valence-corrected chi connectivity index (χ0v) is 12.0. The highest BCUT2D eigenvalue weighted by molar-refractivity contribution is 5.75. The van der Waals surface area contributed by atoms with Crippen molar-refractivity contribution in [1.29, 1.82) is 0 Å². The Bertz CT molecular complexity index is 510. The van der Waals surface area contributed by atoms with Crippen molar-refractivity contribution >= 4 is 17.3 Å². The number of carboxylic acid groups (broad SMARTS) is 1. The lowest BCUT2D eigenvalue weighted by atomic mass is 9.82. The number of anilines is 1. The van der Waals surface area contributed by atoms with Crippen molar-refractivity contribution in [2.75, 3.05) is 11.9 Å². The quantitative estimate of drug-likeness (QED) is 0.591. The van der Waals surface area contributed by atoms with E-state index in [1.807, 2.05) is 20.8 Å². The minimum atomic E-state index is -0.850. The Morgan fingerprint density at radius 1 is 1.40 bits per heavy atom. The van der Waals surface area contributed by atoms with E-state index in [-0.39, 0.29) is 12.2 Å². The number of hydrogen-bond donors (Lipinski definition) is 2. The van der Waals surface area contributed by atoms with Crippen LogP contribution in [0.3, 0.4) is 0 Å². The molecule has 0 amide bonds. The fourth-order valence-corrected chi connectivity index (χ4v) is 2.06. The molecule has 0 fully saturated rings. The van der Waals surface area contributed by atoms with Crippen molar-refractivity contribution in [2.45, 2.75) is 33.6 Å². The maximum Gasteiger partial charge on any atom is 0.311 e. The standard InChI is InChI=1S/C14H20N2O4/c1-4-14(5-2,13(17)18)9-15-12-8-11(16(19)20)7-6-10(12)3/h6-8,15H,4-5,9H2,1-3H3,(H,17,18). The largest absolute Gasteiger partial charge is 0.481 e. The number of carboxylic acids is 1. The van der Waals surface area contributed by atoms with Crippen LogP contribution in [0.5, 0.6) is 0 Å². The molecule has 0 radical (unpaired) electrons. The summed E-state index contributed by atoms with van der Waals surface area (Å²) in [6.07, 6.45) is 1.000. The van der Waals surface area contributed by atoms with E-state index in [0.717, 1.165) is 5.56 Å². The molecule has 0 bridgehead atoms. The zero-order chi connectivity index (χ0) is 15.3. The van der Waals surface area contributed by atoms with Gasteiger partial charge in [-0.25, -0.2) is 0 Å². The Morgan fingerprint density at radius 2 is 2.00 bits per heavy atom. The highest BCUT2D eigenvalue weighted by Gasteiger charge is 2.34. The third kappa shape index (κ3) is 3.26. The van der Waals surface area contributed by atoms with Crippen LogP contribution in [0.4, 0.5) is 11.4 Å². The Hall–Kier alpha value is -2.11. The van der Waals surface area contributed by atoms with Crippen molar-refractivity contribution in [3.8, 4) is 0 Å². The normalized spacial score (nSPS) is 11.2. The first-order chi connectivity index (χ1) is 9.36. The maximum atomic E-state index is 11.4. The fourth-order valence-electron chi connectivity index (χ4n) is 2.06. The van der Waals surface area contributed by atoms with Gasteiger partial charge in [0, 0.05) is 24.4 Å². The third-order valence-electron chi connectivity index (χ3n) is 3.86. The van der Waals surface area contributed by atoms with E-state index in [2.05, 4.69) is 5.32 Å². The van der Waals surface area contributed by atoms with Crippen LogP contribution in [-0.2, 0) is 4.79 Å². The van der Waals surface area contributed by atoms with Gasteiger partial charge in [0.1, 0.15) is 0 Å². The number of carbonyl (C=O) groups is 1. The number of rotatable bonds is 7. The van der Waals surface area contributed by atoms with Gasteiger partial charge in [0.25, 0.3) is 5.69 Å². The summed E-state index contributed by atoms with van der Waals surface area (Å²) in [5, 5.41) is 23.2. The molecule has 0 heterocycles. The van der Waals surface area contributed by atoms with Crippen LogP contribution in [0.25, 0.3) is 0 Å². The van der Waals surface area contributed by atoms with E-state index in [1.165, 1.54) is 12.1 Å². The van der Waals surface area contributed by atoms with Crippen LogP contribution < -0.4 is 5.32 Å². The number of benzene rings is 1. The van der Waals surface area contributed by atoms with Gasteiger partial charge in [-0.05, 0) is 25.3 Å². The Labute approximate surface area is 118 Å². The molecule has 1 rings (SSSR count). The lowest BCUT2D eigenvalue weighted by molar-refractivity contribution is -0.384. The molecule has 110 valence electrons. The van der Waals surface area contributed by atoms with E-state index >= 15 is 0 Å². The second-order valence-corrected chi connectivity index (χ2v) is 4.90. The minimum Gasteiger partial charge on any atom is -0.481 e. The first-order valence-electron chi connectivity index (χ1n) is 6.58. The van der Waals surface area contributed by atoms with Crippen LogP contribution in [0, 0.1) is 22.5 Å². The molecule has 0 aromatic heterocycles. The van der Waals surface area contributed by atoms with Gasteiger partial charge in [0.05, 0.1) is 10.3 Å². The molecule has 0 atom stereocenters. The lowest BCUT2D eigenvalue weighted by Gasteiger charge is -2.27. The number of nitro groups is 1. The molecule has 6 nitrogen and oxygen atoms in total. The highest BCUT2D eigenvalue weighted by Crippen LogP contribution is 2.29. The molecule has 1 aromatic carbocycles. The van der Waals surface area contributed by atoms with Crippen molar-refractivity contribution in [1.82, 2.24) is 0 Å². The molecule has 0 aliphatic rings. The third-order valence-corrected chi connectivity index (χ3v) is 3.86.